The van der Waals surface area contributed by atoms with E-state index < -0.39 is 0 Å². The minimum absolute atomic E-state index is 0.0164. The Morgan fingerprint density at radius 3 is 2.84 bits per heavy atom. The van der Waals surface area contributed by atoms with Crippen LogP contribution >= 0.6 is 11.3 Å². The summed E-state index contributed by atoms with van der Waals surface area (Å²) in [5.41, 5.74) is 0.743. The molecule has 98 valence electrons. The molecule has 0 saturated heterocycles. The summed E-state index contributed by atoms with van der Waals surface area (Å²) >= 11 is 1.58. The number of hydrogen-bond acceptors (Lipinski definition) is 3. The Labute approximate surface area is 117 Å². The predicted octanol–water partition coefficient (Wildman–Crippen LogP) is 3.67. The van der Waals surface area contributed by atoms with E-state index in [2.05, 4.69) is 6.07 Å². The normalized spacial score (nSPS) is 10.6. The van der Waals surface area contributed by atoms with Gasteiger partial charge in [-0.05, 0) is 19.9 Å². The predicted molar refractivity (Wildman–Crippen MR) is 78.2 cm³/mol. The van der Waals surface area contributed by atoms with Crippen molar-refractivity contribution in [1.29, 1.82) is 5.26 Å². The van der Waals surface area contributed by atoms with Gasteiger partial charge in [0.2, 0.25) is 0 Å². The molecule has 0 aliphatic heterocycles. The molecule has 1 amide bonds. The molecule has 0 N–H and O–H groups in total. The molecule has 0 aliphatic rings. The van der Waals surface area contributed by atoms with Gasteiger partial charge in [-0.25, -0.2) is 0 Å². The molecule has 2 rings (SSSR count). The number of carbonyl (C=O) groups excluding carboxylic acids is 1. The van der Waals surface area contributed by atoms with Crippen LogP contribution in [0, 0.1) is 11.3 Å². The molecule has 0 saturated carbocycles. The topological polar surface area (TPSA) is 44.1 Å². The SMILES string of the molecule is CC(C)N(CCC#N)C(=O)c1csc2ccccc12. The summed E-state index contributed by atoms with van der Waals surface area (Å²) in [4.78, 5) is 14.4. The molecule has 1 heterocycles. The second-order valence-corrected chi connectivity index (χ2v) is 5.56. The van der Waals surface area contributed by atoms with Crippen LogP contribution in [0.4, 0.5) is 0 Å². The van der Waals surface area contributed by atoms with Crippen LogP contribution in [-0.4, -0.2) is 23.4 Å². The average Bonchev–Trinajstić information content (AvgIpc) is 2.82. The molecule has 2 aromatic rings. The first kappa shape index (κ1) is 13.6. The summed E-state index contributed by atoms with van der Waals surface area (Å²) in [7, 11) is 0. The van der Waals surface area contributed by atoms with E-state index in [1.165, 1.54) is 0 Å². The lowest BCUT2D eigenvalue weighted by Gasteiger charge is -2.25. The first-order valence-electron chi connectivity index (χ1n) is 6.29. The molecule has 19 heavy (non-hydrogen) atoms. The highest BCUT2D eigenvalue weighted by Crippen LogP contribution is 2.27. The lowest BCUT2D eigenvalue weighted by molar-refractivity contribution is 0.0713. The van der Waals surface area contributed by atoms with Gasteiger partial charge in [0.05, 0.1) is 18.1 Å². The van der Waals surface area contributed by atoms with Crippen LogP contribution in [0.2, 0.25) is 0 Å². The van der Waals surface area contributed by atoms with E-state index in [1.54, 1.807) is 16.2 Å². The van der Waals surface area contributed by atoms with Gasteiger partial charge < -0.3 is 4.90 Å². The van der Waals surface area contributed by atoms with Crippen molar-refractivity contribution in [2.75, 3.05) is 6.54 Å². The molecule has 0 unspecified atom stereocenters. The lowest BCUT2D eigenvalue weighted by atomic mass is 10.1. The van der Waals surface area contributed by atoms with Crippen molar-refractivity contribution in [3.8, 4) is 6.07 Å². The van der Waals surface area contributed by atoms with Gasteiger partial charge in [0.15, 0.2) is 0 Å². The van der Waals surface area contributed by atoms with Crippen LogP contribution in [0.15, 0.2) is 29.6 Å². The Balaban J connectivity index is 2.34. The Hall–Kier alpha value is -1.86. The van der Waals surface area contributed by atoms with E-state index in [9.17, 15) is 4.79 Å². The van der Waals surface area contributed by atoms with Crippen molar-refractivity contribution >= 4 is 27.3 Å². The van der Waals surface area contributed by atoms with E-state index in [0.717, 1.165) is 15.6 Å². The van der Waals surface area contributed by atoms with Crippen molar-refractivity contribution in [3.63, 3.8) is 0 Å². The van der Waals surface area contributed by atoms with Gasteiger partial charge in [-0.15, -0.1) is 11.3 Å². The number of benzene rings is 1. The van der Waals surface area contributed by atoms with Crippen molar-refractivity contribution < 1.29 is 4.79 Å². The zero-order valence-corrected chi connectivity index (χ0v) is 11.9. The summed E-state index contributed by atoms with van der Waals surface area (Å²) in [5.74, 6) is 0.0164. The third-order valence-corrected chi connectivity index (χ3v) is 4.02. The van der Waals surface area contributed by atoms with Gasteiger partial charge >= 0.3 is 0 Å². The van der Waals surface area contributed by atoms with Gasteiger partial charge in [0.25, 0.3) is 5.91 Å². The summed E-state index contributed by atoms with van der Waals surface area (Å²) < 4.78 is 1.12. The maximum atomic E-state index is 12.6. The number of amides is 1. The number of carbonyl (C=O) groups is 1. The Kier molecular flexibility index (Phi) is 4.18. The minimum Gasteiger partial charge on any atom is -0.335 e. The first-order chi connectivity index (χ1) is 9.15. The van der Waals surface area contributed by atoms with Crippen LogP contribution in [0.5, 0.6) is 0 Å². The Bertz CT molecular complexity index is 624. The fourth-order valence-corrected chi connectivity index (χ4v) is 3.00. The number of hydrogen-bond donors (Lipinski definition) is 0. The highest BCUT2D eigenvalue weighted by molar-refractivity contribution is 7.17. The van der Waals surface area contributed by atoms with E-state index in [4.69, 9.17) is 5.26 Å². The van der Waals surface area contributed by atoms with Crippen LogP contribution < -0.4 is 0 Å². The van der Waals surface area contributed by atoms with Gasteiger partial charge in [-0.3, -0.25) is 4.79 Å². The highest BCUT2D eigenvalue weighted by Gasteiger charge is 2.21. The van der Waals surface area contributed by atoms with Crippen LogP contribution in [0.1, 0.15) is 30.6 Å². The first-order valence-corrected chi connectivity index (χ1v) is 7.17. The summed E-state index contributed by atoms with van der Waals surface area (Å²) in [6, 6.07) is 10.1. The Morgan fingerprint density at radius 1 is 1.42 bits per heavy atom. The second-order valence-electron chi connectivity index (χ2n) is 4.65. The van der Waals surface area contributed by atoms with Crippen LogP contribution in [0.25, 0.3) is 10.1 Å². The zero-order valence-electron chi connectivity index (χ0n) is 11.1. The van der Waals surface area contributed by atoms with Crippen LogP contribution in [-0.2, 0) is 0 Å². The maximum Gasteiger partial charge on any atom is 0.255 e. The number of rotatable bonds is 4. The quantitative estimate of drug-likeness (QED) is 0.852. The fraction of sp³-hybridized carbons (Fsp3) is 0.333. The standard InChI is InChI=1S/C15H16N2OS/c1-11(2)17(9-5-8-16)15(18)13-10-19-14-7-4-3-6-12(13)14/h3-4,6-7,10-11H,5,9H2,1-2H3. The monoisotopic (exact) mass is 272 g/mol. The summed E-state index contributed by atoms with van der Waals surface area (Å²) in [5, 5.41) is 11.6. The van der Waals surface area contributed by atoms with Crippen molar-refractivity contribution in [3.05, 3.63) is 35.2 Å². The number of nitriles is 1. The van der Waals surface area contributed by atoms with Crippen molar-refractivity contribution in [1.82, 2.24) is 4.90 Å². The molecular formula is C15H16N2OS. The van der Waals surface area contributed by atoms with E-state index in [1.807, 2.05) is 43.5 Å². The van der Waals surface area contributed by atoms with E-state index in [-0.39, 0.29) is 11.9 Å². The summed E-state index contributed by atoms with van der Waals surface area (Å²) in [6.07, 6.45) is 0.367. The van der Waals surface area contributed by atoms with E-state index in [0.29, 0.717) is 13.0 Å². The molecule has 0 fully saturated rings. The third kappa shape index (κ3) is 2.77. The van der Waals surface area contributed by atoms with Gasteiger partial charge in [0.1, 0.15) is 0 Å². The Morgan fingerprint density at radius 2 is 2.16 bits per heavy atom. The summed E-state index contributed by atoms with van der Waals surface area (Å²) in [6.45, 7) is 4.44. The van der Waals surface area contributed by atoms with Crippen molar-refractivity contribution in [2.24, 2.45) is 0 Å². The molecule has 0 atom stereocenters. The van der Waals surface area contributed by atoms with Gasteiger partial charge in [-0.2, -0.15) is 5.26 Å². The largest absolute Gasteiger partial charge is 0.335 e. The number of fused-ring (bicyclic) bond motifs is 1. The second kappa shape index (κ2) is 5.85. The molecule has 3 nitrogen and oxygen atoms in total. The smallest absolute Gasteiger partial charge is 0.255 e. The zero-order chi connectivity index (χ0) is 13.8. The molecule has 0 spiro atoms. The molecule has 0 radical (unpaired) electrons. The fourth-order valence-electron chi connectivity index (χ4n) is 2.06. The molecule has 4 heteroatoms. The molecule has 0 bridgehead atoms. The van der Waals surface area contributed by atoms with Crippen LogP contribution in [0.3, 0.4) is 0 Å². The van der Waals surface area contributed by atoms with Gasteiger partial charge in [-0.1, -0.05) is 18.2 Å². The minimum atomic E-state index is 0.0164. The molecule has 1 aromatic carbocycles. The molecular weight excluding hydrogens is 256 g/mol. The lowest BCUT2D eigenvalue weighted by Crippen LogP contribution is -2.37. The van der Waals surface area contributed by atoms with Crippen molar-refractivity contribution in [2.45, 2.75) is 26.3 Å². The average molecular weight is 272 g/mol. The number of nitrogens with zero attached hydrogens (tertiary/aromatic N) is 2. The molecule has 0 aliphatic carbocycles. The highest BCUT2D eigenvalue weighted by atomic mass is 32.1. The van der Waals surface area contributed by atoms with E-state index >= 15 is 0 Å². The number of thiophene rings is 1. The maximum absolute atomic E-state index is 12.6. The molecule has 1 aromatic heterocycles. The van der Waals surface area contributed by atoms with Gasteiger partial charge in [0, 0.05) is 28.1 Å². The third-order valence-electron chi connectivity index (χ3n) is 3.06.